The number of nitrogens with one attached hydrogen (secondary N) is 2. The quantitative estimate of drug-likeness (QED) is 0.550. The first-order valence-electron chi connectivity index (χ1n) is 8.70. The number of methoxy groups -OCH3 is 2. The zero-order chi connectivity index (χ0) is 20.8. The standard InChI is InChI=1S/C22H19BrN2O4/c1-28-19-11-6-15(13-20(19)29-2)22(27)25-18-9-7-17(8-10-18)24-21(26)14-4-3-5-16(23)12-14/h3-13H,1-2H3,(H,24,26)(H,25,27). The van der Waals surface area contributed by atoms with Crippen molar-refractivity contribution in [2.75, 3.05) is 24.9 Å². The molecule has 0 radical (unpaired) electrons. The molecule has 0 fully saturated rings. The highest BCUT2D eigenvalue weighted by Gasteiger charge is 2.11. The van der Waals surface area contributed by atoms with Crippen LogP contribution in [0.2, 0.25) is 0 Å². The highest BCUT2D eigenvalue weighted by Crippen LogP contribution is 2.28. The van der Waals surface area contributed by atoms with E-state index in [0.29, 0.717) is 34.0 Å². The number of rotatable bonds is 6. The predicted molar refractivity (Wildman–Crippen MR) is 116 cm³/mol. The summed E-state index contributed by atoms with van der Waals surface area (Å²) in [5.41, 5.74) is 2.21. The molecule has 0 saturated heterocycles. The summed E-state index contributed by atoms with van der Waals surface area (Å²) in [5.74, 6) is 0.533. The van der Waals surface area contributed by atoms with Crippen molar-refractivity contribution >= 4 is 39.1 Å². The van der Waals surface area contributed by atoms with Gasteiger partial charge in [-0.25, -0.2) is 0 Å². The molecule has 29 heavy (non-hydrogen) atoms. The smallest absolute Gasteiger partial charge is 0.255 e. The van der Waals surface area contributed by atoms with Crippen LogP contribution in [0.5, 0.6) is 11.5 Å². The summed E-state index contributed by atoms with van der Waals surface area (Å²) in [5, 5.41) is 5.63. The summed E-state index contributed by atoms with van der Waals surface area (Å²) < 4.78 is 11.2. The fourth-order valence-corrected chi connectivity index (χ4v) is 3.05. The Morgan fingerprint density at radius 1 is 0.724 bits per heavy atom. The molecule has 2 amide bonds. The molecule has 0 unspecified atom stereocenters. The van der Waals surface area contributed by atoms with E-state index in [9.17, 15) is 9.59 Å². The van der Waals surface area contributed by atoms with Gasteiger partial charge in [0.15, 0.2) is 11.5 Å². The van der Waals surface area contributed by atoms with Gasteiger partial charge >= 0.3 is 0 Å². The largest absolute Gasteiger partial charge is 0.493 e. The molecule has 148 valence electrons. The fraction of sp³-hybridized carbons (Fsp3) is 0.0909. The first kappa shape index (κ1) is 20.4. The molecule has 6 nitrogen and oxygen atoms in total. The third-order valence-corrected chi connectivity index (χ3v) is 4.63. The number of carbonyl (C=O) groups excluding carboxylic acids is 2. The summed E-state index contributed by atoms with van der Waals surface area (Å²) in [6, 6.07) is 19.0. The van der Waals surface area contributed by atoms with E-state index in [4.69, 9.17) is 9.47 Å². The Morgan fingerprint density at radius 2 is 1.28 bits per heavy atom. The molecule has 2 N–H and O–H groups in total. The second-order valence-corrected chi connectivity index (χ2v) is 6.98. The monoisotopic (exact) mass is 454 g/mol. The maximum Gasteiger partial charge on any atom is 0.255 e. The number of anilines is 2. The third-order valence-electron chi connectivity index (χ3n) is 4.13. The van der Waals surface area contributed by atoms with E-state index in [-0.39, 0.29) is 11.8 Å². The maximum atomic E-state index is 12.5. The minimum Gasteiger partial charge on any atom is -0.493 e. The van der Waals surface area contributed by atoms with Crippen molar-refractivity contribution in [2.24, 2.45) is 0 Å². The van der Waals surface area contributed by atoms with Crippen LogP contribution in [0.25, 0.3) is 0 Å². The van der Waals surface area contributed by atoms with Crippen LogP contribution < -0.4 is 20.1 Å². The van der Waals surface area contributed by atoms with E-state index in [2.05, 4.69) is 26.6 Å². The van der Waals surface area contributed by atoms with Crippen molar-refractivity contribution in [1.29, 1.82) is 0 Å². The normalized spacial score (nSPS) is 10.2. The lowest BCUT2D eigenvalue weighted by Crippen LogP contribution is -2.13. The molecule has 7 heteroatoms. The number of benzene rings is 3. The van der Waals surface area contributed by atoms with Crippen molar-refractivity contribution in [3.05, 3.63) is 82.3 Å². The van der Waals surface area contributed by atoms with Gasteiger partial charge < -0.3 is 20.1 Å². The van der Waals surface area contributed by atoms with Gasteiger partial charge in [-0.1, -0.05) is 22.0 Å². The van der Waals surface area contributed by atoms with E-state index in [1.54, 1.807) is 60.7 Å². The summed E-state index contributed by atoms with van der Waals surface area (Å²) in [4.78, 5) is 24.8. The molecule has 0 heterocycles. The van der Waals surface area contributed by atoms with Crippen LogP contribution in [-0.2, 0) is 0 Å². The average Bonchev–Trinajstić information content (AvgIpc) is 2.74. The third kappa shape index (κ3) is 5.14. The van der Waals surface area contributed by atoms with Crippen molar-refractivity contribution in [3.63, 3.8) is 0 Å². The molecule has 0 spiro atoms. The Kier molecular flexibility index (Phi) is 6.51. The fourth-order valence-electron chi connectivity index (χ4n) is 2.65. The predicted octanol–water partition coefficient (Wildman–Crippen LogP) is 4.97. The zero-order valence-electron chi connectivity index (χ0n) is 15.9. The van der Waals surface area contributed by atoms with Crippen LogP contribution in [-0.4, -0.2) is 26.0 Å². The second kappa shape index (κ2) is 9.25. The van der Waals surface area contributed by atoms with Gasteiger partial charge in [0.25, 0.3) is 11.8 Å². The second-order valence-electron chi connectivity index (χ2n) is 6.07. The van der Waals surface area contributed by atoms with Crippen LogP contribution in [0.3, 0.4) is 0 Å². The highest BCUT2D eigenvalue weighted by atomic mass is 79.9. The molecule has 0 atom stereocenters. The number of ether oxygens (including phenoxy) is 2. The van der Waals surface area contributed by atoms with E-state index in [1.807, 2.05) is 6.07 Å². The van der Waals surface area contributed by atoms with Gasteiger partial charge in [-0.05, 0) is 60.7 Å². The van der Waals surface area contributed by atoms with Crippen LogP contribution in [0.1, 0.15) is 20.7 Å². The molecular weight excluding hydrogens is 436 g/mol. The molecule has 0 aliphatic heterocycles. The molecule has 3 aromatic carbocycles. The molecule has 3 rings (SSSR count). The van der Waals surface area contributed by atoms with E-state index in [1.165, 1.54) is 14.2 Å². The lowest BCUT2D eigenvalue weighted by atomic mass is 10.1. The highest BCUT2D eigenvalue weighted by molar-refractivity contribution is 9.10. The van der Waals surface area contributed by atoms with Crippen molar-refractivity contribution < 1.29 is 19.1 Å². The van der Waals surface area contributed by atoms with Crippen LogP contribution in [0.4, 0.5) is 11.4 Å². The minimum absolute atomic E-state index is 0.214. The number of hydrogen-bond donors (Lipinski definition) is 2. The van der Waals surface area contributed by atoms with Crippen molar-refractivity contribution in [1.82, 2.24) is 0 Å². The van der Waals surface area contributed by atoms with Crippen LogP contribution >= 0.6 is 15.9 Å². The Morgan fingerprint density at radius 3 is 1.79 bits per heavy atom. The van der Waals surface area contributed by atoms with Crippen LogP contribution in [0, 0.1) is 0 Å². The maximum absolute atomic E-state index is 12.5. The van der Waals surface area contributed by atoms with Gasteiger partial charge in [-0.2, -0.15) is 0 Å². The summed E-state index contributed by atoms with van der Waals surface area (Å²) in [6.07, 6.45) is 0. The lowest BCUT2D eigenvalue weighted by Gasteiger charge is -2.11. The Bertz CT molecular complexity index is 1040. The number of halogens is 1. The van der Waals surface area contributed by atoms with Crippen molar-refractivity contribution in [2.45, 2.75) is 0 Å². The Hall–Kier alpha value is -3.32. The van der Waals surface area contributed by atoms with Gasteiger partial charge in [0.05, 0.1) is 14.2 Å². The van der Waals surface area contributed by atoms with Gasteiger partial charge in [0.1, 0.15) is 0 Å². The average molecular weight is 455 g/mol. The molecule has 0 aliphatic rings. The van der Waals surface area contributed by atoms with E-state index in [0.717, 1.165) is 4.47 Å². The van der Waals surface area contributed by atoms with Gasteiger partial charge in [-0.15, -0.1) is 0 Å². The molecule has 0 aromatic heterocycles. The molecule has 0 bridgehead atoms. The molecular formula is C22H19BrN2O4. The van der Waals surface area contributed by atoms with Gasteiger partial charge in [-0.3, -0.25) is 9.59 Å². The van der Waals surface area contributed by atoms with Gasteiger partial charge in [0, 0.05) is 27.0 Å². The topological polar surface area (TPSA) is 76.7 Å². The molecule has 0 saturated carbocycles. The Labute approximate surface area is 177 Å². The zero-order valence-corrected chi connectivity index (χ0v) is 17.4. The molecule has 0 aliphatic carbocycles. The number of carbonyl (C=O) groups is 2. The Balaban J connectivity index is 1.66. The van der Waals surface area contributed by atoms with E-state index >= 15 is 0 Å². The summed E-state index contributed by atoms with van der Waals surface area (Å²) >= 11 is 3.35. The first-order chi connectivity index (χ1) is 14.0. The summed E-state index contributed by atoms with van der Waals surface area (Å²) in [6.45, 7) is 0. The SMILES string of the molecule is COc1ccc(C(=O)Nc2ccc(NC(=O)c3cccc(Br)c3)cc2)cc1OC. The first-order valence-corrected chi connectivity index (χ1v) is 9.50. The lowest BCUT2D eigenvalue weighted by molar-refractivity contribution is 0.101. The van der Waals surface area contributed by atoms with Crippen molar-refractivity contribution in [3.8, 4) is 11.5 Å². The minimum atomic E-state index is -0.281. The number of hydrogen-bond acceptors (Lipinski definition) is 4. The summed E-state index contributed by atoms with van der Waals surface area (Å²) in [7, 11) is 3.05. The van der Waals surface area contributed by atoms with Gasteiger partial charge in [0.2, 0.25) is 0 Å². The van der Waals surface area contributed by atoms with Crippen LogP contribution in [0.15, 0.2) is 71.2 Å². The number of amides is 2. The van der Waals surface area contributed by atoms with E-state index < -0.39 is 0 Å². The molecule has 3 aromatic rings.